The number of hydrogen-bond donors (Lipinski definition) is 1. The first-order valence-electron chi connectivity index (χ1n) is 6.08. The Bertz CT molecular complexity index is 449. The summed E-state index contributed by atoms with van der Waals surface area (Å²) < 4.78 is 1.07. The summed E-state index contributed by atoms with van der Waals surface area (Å²) in [6, 6.07) is 8.20. The molecule has 2 saturated heterocycles. The van der Waals surface area contributed by atoms with E-state index in [0.717, 1.165) is 29.4 Å². The van der Waals surface area contributed by atoms with Gasteiger partial charge < -0.3 is 5.32 Å². The molecule has 90 valence electrons. The predicted molar refractivity (Wildman–Crippen MR) is 69.4 cm³/mol. The number of benzene rings is 1. The lowest BCUT2D eigenvalue weighted by Gasteiger charge is -2.31. The predicted octanol–water partition coefficient (Wildman–Crippen LogP) is 2.43. The lowest BCUT2D eigenvalue weighted by Crippen LogP contribution is -2.38. The molecule has 0 radical (unpaired) electrons. The average Bonchev–Trinajstić information content (AvgIpc) is 2.68. The maximum absolute atomic E-state index is 11.9. The summed E-state index contributed by atoms with van der Waals surface area (Å²) in [4.78, 5) is 14.2. The van der Waals surface area contributed by atoms with Gasteiger partial charge in [-0.2, -0.15) is 0 Å². The molecule has 3 rings (SSSR count). The number of carbonyl (C=O) groups is 1. The van der Waals surface area contributed by atoms with Crippen molar-refractivity contribution in [3.05, 3.63) is 34.3 Å². The molecule has 2 aliphatic rings. The highest BCUT2D eigenvalue weighted by Gasteiger charge is 2.41. The summed E-state index contributed by atoms with van der Waals surface area (Å²) in [5.74, 6) is 0.186. The standard InChI is InChI=1S/C13H15BrN2O/c14-10-6-2-1-5-9(10)12-15-13(17)11-7-3-4-8-16(11)12/h1-2,5-6,11-12H,3-4,7-8H2,(H,15,17). The Morgan fingerprint density at radius 3 is 2.94 bits per heavy atom. The van der Waals surface area contributed by atoms with Crippen LogP contribution < -0.4 is 5.32 Å². The second-order valence-electron chi connectivity index (χ2n) is 4.68. The fourth-order valence-corrected chi connectivity index (χ4v) is 3.31. The van der Waals surface area contributed by atoms with Crippen molar-refractivity contribution in [2.75, 3.05) is 6.54 Å². The third-order valence-electron chi connectivity index (χ3n) is 3.66. The lowest BCUT2D eigenvalue weighted by molar-refractivity contribution is -0.122. The third kappa shape index (κ3) is 1.89. The van der Waals surface area contributed by atoms with Crippen LogP contribution in [-0.4, -0.2) is 23.4 Å². The molecule has 4 heteroatoms. The quantitative estimate of drug-likeness (QED) is 0.863. The number of piperidine rings is 1. The SMILES string of the molecule is O=C1NC(c2ccccc2Br)N2CCCCC12. The fraction of sp³-hybridized carbons (Fsp3) is 0.462. The van der Waals surface area contributed by atoms with Gasteiger partial charge in [-0.1, -0.05) is 40.5 Å². The van der Waals surface area contributed by atoms with E-state index in [-0.39, 0.29) is 18.1 Å². The highest BCUT2D eigenvalue weighted by Crippen LogP contribution is 2.34. The summed E-state index contributed by atoms with van der Waals surface area (Å²) in [5.41, 5.74) is 1.16. The summed E-state index contributed by atoms with van der Waals surface area (Å²) in [6.07, 6.45) is 3.39. The van der Waals surface area contributed by atoms with Crippen molar-refractivity contribution in [3.8, 4) is 0 Å². The van der Waals surface area contributed by atoms with Crippen LogP contribution in [0.4, 0.5) is 0 Å². The minimum absolute atomic E-state index is 0.0448. The fourth-order valence-electron chi connectivity index (χ4n) is 2.81. The van der Waals surface area contributed by atoms with Crippen molar-refractivity contribution in [3.63, 3.8) is 0 Å². The number of carbonyl (C=O) groups excluding carboxylic acids is 1. The minimum atomic E-state index is 0.0448. The van der Waals surface area contributed by atoms with Crippen molar-refractivity contribution in [1.82, 2.24) is 10.2 Å². The van der Waals surface area contributed by atoms with E-state index >= 15 is 0 Å². The number of halogens is 1. The van der Waals surface area contributed by atoms with Gasteiger partial charge >= 0.3 is 0 Å². The van der Waals surface area contributed by atoms with Crippen LogP contribution in [0, 0.1) is 0 Å². The van der Waals surface area contributed by atoms with E-state index in [2.05, 4.69) is 32.2 Å². The number of rotatable bonds is 1. The van der Waals surface area contributed by atoms with Crippen molar-refractivity contribution in [2.45, 2.75) is 31.5 Å². The molecule has 1 amide bonds. The number of nitrogens with one attached hydrogen (secondary N) is 1. The van der Waals surface area contributed by atoms with Crippen LogP contribution in [0.3, 0.4) is 0 Å². The van der Waals surface area contributed by atoms with Gasteiger partial charge in [0, 0.05) is 16.6 Å². The van der Waals surface area contributed by atoms with E-state index < -0.39 is 0 Å². The first-order chi connectivity index (χ1) is 8.27. The maximum Gasteiger partial charge on any atom is 0.238 e. The molecular weight excluding hydrogens is 280 g/mol. The summed E-state index contributed by atoms with van der Waals surface area (Å²) in [6.45, 7) is 1.01. The summed E-state index contributed by atoms with van der Waals surface area (Å²) in [7, 11) is 0. The molecule has 2 atom stereocenters. The van der Waals surface area contributed by atoms with Crippen molar-refractivity contribution in [2.24, 2.45) is 0 Å². The van der Waals surface area contributed by atoms with E-state index in [1.54, 1.807) is 0 Å². The zero-order chi connectivity index (χ0) is 11.8. The molecule has 2 unspecified atom stereocenters. The molecule has 1 N–H and O–H groups in total. The van der Waals surface area contributed by atoms with Gasteiger partial charge in [0.05, 0.1) is 6.04 Å². The second kappa shape index (κ2) is 4.42. The van der Waals surface area contributed by atoms with Crippen LogP contribution >= 0.6 is 15.9 Å². The van der Waals surface area contributed by atoms with Gasteiger partial charge in [0.1, 0.15) is 6.17 Å². The monoisotopic (exact) mass is 294 g/mol. The minimum Gasteiger partial charge on any atom is -0.335 e. The van der Waals surface area contributed by atoms with Crippen molar-refractivity contribution >= 4 is 21.8 Å². The molecule has 2 heterocycles. The Morgan fingerprint density at radius 2 is 2.12 bits per heavy atom. The van der Waals surface area contributed by atoms with E-state index in [0.29, 0.717) is 0 Å². The molecule has 1 aromatic carbocycles. The lowest BCUT2D eigenvalue weighted by atomic mass is 10.0. The zero-order valence-electron chi connectivity index (χ0n) is 9.53. The summed E-state index contributed by atoms with van der Waals surface area (Å²) >= 11 is 3.56. The number of amides is 1. The van der Waals surface area contributed by atoms with Gasteiger partial charge in [-0.25, -0.2) is 0 Å². The van der Waals surface area contributed by atoms with E-state index in [1.165, 1.54) is 6.42 Å². The molecule has 17 heavy (non-hydrogen) atoms. The molecule has 2 fully saturated rings. The molecule has 1 aromatic rings. The number of hydrogen-bond acceptors (Lipinski definition) is 2. The molecule has 0 saturated carbocycles. The zero-order valence-corrected chi connectivity index (χ0v) is 11.1. The van der Waals surface area contributed by atoms with Gasteiger partial charge in [-0.15, -0.1) is 0 Å². The van der Waals surface area contributed by atoms with Gasteiger partial charge in [0.2, 0.25) is 5.91 Å². The van der Waals surface area contributed by atoms with Gasteiger partial charge in [0.25, 0.3) is 0 Å². The highest BCUT2D eigenvalue weighted by molar-refractivity contribution is 9.10. The smallest absolute Gasteiger partial charge is 0.238 e. The first-order valence-corrected chi connectivity index (χ1v) is 6.87. The van der Waals surface area contributed by atoms with Crippen LogP contribution in [0.5, 0.6) is 0 Å². The van der Waals surface area contributed by atoms with Crippen LogP contribution in [0.2, 0.25) is 0 Å². The molecule has 0 aromatic heterocycles. The largest absolute Gasteiger partial charge is 0.335 e. The molecular formula is C13H15BrN2O. The van der Waals surface area contributed by atoms with Crippen LogP contribution in [-0.2, 0) is 4.79 Å². The molecule has 2 aliphatic heterocycles. The third-order valence-corrected chi connectivity index (χ3v) is 4.38. The second-order valence-corrected chi connectivity index (χ2v) is 5.54. The topological polar surface area (TPSA) is 32.3 Å². The highest BCUT2D eigenvalue weighted by atomic mass is 79.9. The van der Waals surface area contributed by atoms with Crippen LogP contribution in [0.15, 0.2) is 28.7 Å². The first kappa shape index (κ1) is 11.2. The van der Waals surface area contributed by atoms with Gasteiger partial charge in [-0.3, -0.25) is 9.69 Å². The van der Waals surface area contributed by atoms with E-state index in [4.69, 9.17) is 0 Å². The van der Waals surface area contributed by atoms with Crippen LogP contribution in [0.25, 0.3) is 0 Å². The maximum atomic E-state index is 11.9. The molecule has 0 bridgehead atoms. The number of fused-ring (bicyclic) bond motifs is 1. The van der Waals surface area contributed by atoms with E-state index in [9.17, 15) is 4.79 Å². The Balaban J connectivity index is 1.94. The molecule has 3 nitrogen and oxygen atoms in total. The van der Waals surface area contributed by atoms with Crippen molar-refractivity contribution < 1.29 is 4.79 Å². The number of nitrogens with zero attached hydrogens (tertiary/aromatic N) is 1. The Kier molecular flexibility index (Phi) is 2.92. The Labute approximate surface area is 109 Å². The van der Waals surface area contributed by atoms with Gasteiger partial charge in [-0.05, 0) is 18.9 Å². The van der Waals surface area contributed by atoms with Gasteiger partial charge in [0.15, 0.2) is 0 Å². The molecule has 0 spiro atoms. The van der Waals surface area contributed by atoms with E-state index in [1.807, 2.05) is 18.2 Å². The Morgan fingerprint density at radius 1 is 1.29 bits per heavy atom. The summed E-state index contributed by atoms with van der Waals surface area (Å²) in [5, 5.41) is 3.11. The normalized spacial score (nSPS) is 28.9. The van der Waals surface area contributed by atoms with Crippen molar-refractivity contribution in [1.29, 1.82) is 0 Å². The van der Waals surface area contributed by atoms with Crippen LogP contribution in [0.1, 0.15) is 31.0 Å². The molecule has 0 aliphatic carbocycles. The Hall–Kier alpha value is -0.870. The average molecular weight is 295 g/mol.